The van der Waals surface area contributed by atoms with Gasteiger partial charge in [0.25, 0.3) is 5.91 Å². The second kappa shape index (κ2) is 10.2. The van der Waals surface area contributed by atoms with Gasteiger partial charge in [0.1, 0.15) is 11.3 Å². The van der Waals surface area contributed by atoms with Gasteiger partial charge in [-0.25, -0.2) is 4.79 Å². The Morgan fingerprint density at radius 3 is 2.75 bits per heavy atom. The Bertz CT molecular complexity index is 823. The minimum absolute atomic E-state index is 0.128. The highest BCUT2D eigenvalue weighted by Crippen LogP contribution is 2.12. The van der Waals surface area contributed by atoms with Crippen molar-refractivity contribution in [3.8, 4) is 0 Å². The Morgan fingerprint density at radius 1 is 1.21 bits per heavy atom. The molecule has 1 saturated heterocycles. The molecule has 0 spiro atoms. The summed E-state index contributed by atoms with van der Waals surface area (Å²) in [7, 11) is 0. The molecule has 1 amide bonds. The van der Waals surface area contributed by atoms with Crippen molar-refractivity contribution in [1.82, 2.24) is 10.6 Å². The average Bonchev–Trinajstić information content (AvgIpc) is 2.69. The molecule has 2 heterocycles. The van der Waals surface area contributed by atoms with E-state index in [2.05, 4.69) is 22.8 Å². The maximum Gasteiger partial charge on any atom is 0.349 e. The SMILES string of the molecule is Cc1cc(CCCc2ccccc2)oc(=O)c1C(=O)NCCC1CCCCN1. The van der Waals surface area contributed by atoms with Crippen molar-refractivity contribution in [3.05, 3.63) is 69.3 Å². The normalized spacial score (nSPS) is 16.7. The summed E-state index contributed by atoms with van der Waals surface area (Å²) in [6, 6.07) is 12.5. The van der Waals surface area contributed by atoms with Crippen LogP contribution in [-0.2, 0) is 12.8 Å². The zero-order chi connectivity index (χ0) is 19.8. The fourth-order valence-electron chi connectivity index (χ4n) is 3.80. The number of hydrogen-bond donors (Lipinski definition) is 2. The molecule has 1 fully saturated rings. The van der Waals surface area contributed by atoms with Gasteiger partial charge in [-0.3, -0.25) is 4.79 Å². The molecule has 1 aliphatic heterocycles. The second-order valence-corrected chi connectivity index (χ2v) is 7.59. The minimum atomic E-state index is -0.539. The Morgan fingerprint density at radius 2 is 2.04 bits per heavy atom. The van der Waals surface area contributed by atoms with Crippen LogP contribution in [0.25, 0.3) is 0 Å². The molecular formula is C23H30N2O3. The fraction of sp³-hybridized carbons (Fsp3) is 0.478. The largest absolute Gasteiger partial charge is 0.427 e. The highest BCUT2D eigenvalue weighted by Gasteiger charge is 2.18. The van der Waals surface area contributed by atoms with E-state index >= 15 is 0 Å². The standard InChI is InChI=1S/C23H30N2O3/c1-17-16-20(12-7-10-18-8-3-2-4-9-18)28-23(27)21(17)22(26)25-15-13-19-11-5-6-14-24-19/h2-4,8-9,16,19,24H,5-7,10-15H2,1H3,(H,25,26). The summed E-state index contributed by atoms with van der Waals surface area (Å²) in [4.78, 5) is 24.8. The molecule has 5 nitrogen and oxygen atoms in total. The first-order chi connectivity index (χ1) is 13.6. The summed E-state index contributed by atoms with van der Waals surface area (Å²) >= 11 is 0. The molecule has 1 aromatic heterocycles. The van der Waals surface area contributed by atoms with E-state index < -0.39 is 5.63 Å². The summed E-state index contributed by atoms with van der Waals surface area (Å²) < 4.78 is 5.42. The first kappa shape index (κ1) is 20.3. The molecule has 2 N–H and O–H groups in total. The second-order valence-electron chi connectivity index (χ2n) is 7.59. The number of amides is 1. The van der Waals surface area contributed by atoms with Gasteiger partial charge in [-0.05, 0) is 62.8 Å². The van der Waals surface area contributed by atoms with Gasteiger partial charge in [0.05, 0.1) is 0 Å². The maximum atomic E-state index is 12.4. The summed E-state index contributed by atoms with van der Waals surface area (Å²) in [5.74, 6) is 0.305. The predicted octanol–water partition coefficient (Wildman–Crippen LogP) is 3.39. The lowest BCUT2D eigenvalue weighted by molar-refractivity contribution is 0.0946. The summed E-state index contributed by atoms with van der Waals surface area (Å²) in [6.07, 6.45) is 7.00. The van der Waals surface area contributed by atoms with Gasteiger partial charge in [-0.15, -0.1) is 0 Å². The fourth-order valence-corrected chi connectivity index (χ4v) is 3.80. The molecule has 3 rings (SSSR count). The van der Waals surface area contributed by atoms with Crippen LogP contribution >= 0.6 is 0 Å². The summed E-state index contributed by atoms with van der Waals surface area (Å²) in [5, 5.41) is 6.34. The summed E-state index contributed by atoms with van der Waals surface area (Å²) in [5.41, 5.74) is 1.54. The van der Waals surface area contributed by atoms with Crippen LogP contribution in [0.15, 0.2) is 45.6 Å². The van der Waals surface area contributed by atoms with Gasteiger partial charge in [-0.2, -0.15) is 0 Å². The number of rotatable bonds is 8. The van der Waals surface area contributed by atoms with E-state index in [1.54, 1.807) is 6.92 Å². The Kier molecular flexibility index (Phi) is 7.43. The van der Waals surface area contributed by atoms with Gasteiger partial charge in [0.15, 0.2) is 0 Å². The van der Waals surface area contributed by atoms with Crippen molar-refractivity contribution in [2.75, 3.05) is 13.1 Å². The lowest BCUT2D eigenvalue weighted by Crippen LogP contribution is -2.38. The Balaban J connectivity index is 1.52. The van der Waals surface area contributed by atoms with Crippen LogP contribution in [0.3, 0.4) is 0 Å². The molecule has 5 heteroatoms. The third kappa shape index (κ3) is 5.80. The Labute approximate surface area is 166 Å². The number of hydrogen-bond acceptors (Lipinski definition) is 4. The molecule has 1 aliphatic rings. The van der Waals surface area contributed by atoms with Crippen molar-refractivity contribution in [1.29, 1.82) is 0 Å². The molecule has 1 aromatic carbocycles. The van der Waals surface area contributed by atoms with Crippen LogP contribution < -0.4 is 16.3 Å². The predicted molar refractivity (Wildman–Crippen MR) is 111 cm³/mol. The average molecular weight is 383 g/mol. The van der Waals surface area contributed by atoms with Crippen molar-refractivity contribution in [2.24, 2.45) is 0 Å². The smallest absolute Gasteiger partial charge is 0.349 e. The number of aryl methyl sites for hydroxylation is 3. The molecular weight excluding hydrogens is 352 g/mol. The van der Waals surface area contributed by atoms with E-state index in [1.807, 2.05) is 24.3 Å². The van der Waals surface area contributed by atoms with Crippen molar-refractivity contribution < 1.29 is 9.21 Å². The first-order valence-electron chi connectivity index (χ1n) is 10.3. The topological polar surface area (TPSA) is 71.3 Å². The van der Waals surface area contributed by atoms with Crippen LogP contribution in [0.1, 0.15) is 59.3 Å². The first-order valence-corrected chi connectivity index (χ1v) is 10.3. The van der Waals surface area contributed by atoms with E-state index in [-0.39, 0.29) is 11.5 Å². The highest BCUT2D eigenvalue weighted by atomic mass is 16.4. The van der Waals surface area contributed by atoms with Gasteiger partial charge in [-0.1, -0.05) is 36.8 Å². The van der Waals surface area contributed by atoms with E-state index in [0.29, 0.717) is 30.3 Å². The van der Waals surface area contributed by atoms with Gasteiger partial charge < -0.3 is 15.1 Å². The molecule has 28 heavy (non-hydrogen) atoms. The zero-order valence-corrected chi connectivity index (χ0v) is 16.6. The highest BCUT2D eigenvalue weighted by molar-refractivity contribution is 5.95. The maximum absolute atomic E-state index is 12.4. The number of carbonyl (C=O) groups is 1. The molecule has 0 saturated carbocycles. The minimum Gasteiger partial charge on any atom is -0.427 e. The van der Waals surface area contributed by atoms with Crippen LogP contribution in [-0.4, -0.2) is 25.0 Å². The number of piperidine rings is 1. The molecule has 1 unspecified atom stereocenters. The molecule has 150 valence electrons. The van der Waals surface area contributed by atoms with E-state index in [1.165, 1.54) is 18.4 Å². The number of carbonyl (C=O) groups excluding carboxylic acids is 1. The third-order valence-electron chi connectivity index (χ3n) is 5.35. The number of benzene rings is 1. The van der Waals surface area contributed by atoms with Gasteiger partial charge in [0, 0.05) is 19.0 Å². The molecule has 0 radical (unpaired) electrons. The van der Waals surface area contributed by atoms with E-state index in [9.17, 15) is 9.59 Å². The van der Waals surface area contributed by atoms with Crippen molar-refractivity contribution >= 4 is 5.91 Å². The molecule has 2 aromatic rings. The van der Waals surface area contributed by atoms with Crippen molar-refractivity contribution in [3.63, 3.8) is 0 Å². The van der Waals surface area contributed by atoms with Crippen LogP contribution in [0.4, 0.5) is 0 Å². The Hall–Kier alpha value is -2.40. The molecule has 0 bridgehead atoms. The lowest BCUT2D eigenvalue weighted by atomic mass is 10.0. The monoisotopic (exact) mass is 382 g/mol. The third-order valence-corrected chi connectivity index (χ3v) is 5.35. The zero-order valence-electron chi connectivity index (χ0n) is 16.6. The number of nitrogens with one attached hydrogen (secondary N) is 2. The lowest BCUT2D eigenvalue weighted by Gasteiger charge is -2.23. The van der Waals surface area contributed by atoms with Crippen molar-refractivity contribution in [2.45, 2.75) is 57.9 Å². The van der Waals surface area contributed by atoms with Crippen LogP contribution in [0.5, 0.6) is 0 Å². The van der Waals surface area contributed by atoms with Gasteiger partial charge in [0.2, 0.25) is 0 Å². The van der Waals surface area contributed by atoms with Crippen LogP contribution in [0.2, 0.25) is 0 Å². The van der Waals surface area contributed by atoms with Gasteiger partial charge >= 0.3 is 5.63 Å². The summed E-state index contributed by atoms with van der Waals surface area (Å²) in [6.45, 7) is 3.41. The molecule has 1 atom stereocenters. The van der Waals surface area contributed by atoms with E-state index in [0.717, 1.165) is 32.2 Å². The molecule has 0 aliphatic carbocycles. The quantitative estimate of drug-likeness (QED) is 0.734. The van der Waals surface area contributed by atoms with Crippen LogP contribution in [0, 0.1) is 6.92 Å². The van der Waals surface area contributed by atoms with E-state index in [4.69, 9.17) is 4.42 Å².